The molecule has 0 aromatic carbocycles. The molecule has 0 saturated heterocycles. The zero-order valence-corrected chi connectivity index (χ0v) is 15.9. The summed E-state index contributed by atoms with van der Waals surface area (Å²) in [7, 11) is 0. The summed E-state index contributed by atoms with van der Waals surface area (Å²) in [4.78, 5) is 8.58. The Morgan fingerprint density at radius 2 is 1.96 bits per heavy atom. The van der Waals surface area contributed by atoms with Crippen LogP contribution < -0.4 is 4.74 Å². The number of aliphatic hydroxyl groups excluding tert-OH is 1. The third-order valence-electron chi connectivity index (χ3n) is 4.90. The molecule has 1 atom stereocenters. The van der Waals surface area contributed by atoms with Gasteiger partial charge in [0, 0.05) is 23.7 Å². The second kappa shape index (κ2) is 10.3. The van der Waals surface area contributed by atoms with Crippen molar-refractivity contribution in [2.24, 2.45) is 0 Å². The molecule has 1 N–H and O–H groups in total. The molecule has 2 heterocycles. The van der Waals surface area contributed by atoms with Crippen LogP contribution in [0.15, 0.2) is 36.5 Å². The van der Waals surface area contributed by atoms with Crippen molar-refractivity contribution in [1.82, 2.24) is 9.97 Å². The second-order valence-corrected chi connectivity index (χ2v) is 7.10. The van der Waals surface area contributed by atoms with Crippen LogP contribution >= 0.6 is 0 Å². The van der Waals surface area contributed by atoms with Gasteiger partial charge in [-0.2, -0.15) is 8.78 Å². The number of rotatable bonds is 9. The van der Waals surface area contributed by atoms with E-state index in [0.717, 1.165) is 43.4 Å². The van der Waals surface area contributed by atoms with Crippen molar-refractivity contribution in [1.29, 1.82) is 0 Å². The lowest BCUT2D eigenvalue weighted by atomic mass is 9.95. The van der Waals surface area contributed by atoms with Gasteiger partial charge in [0.2, 0.25) is 5.88 Å². The fraction of sp³-hybridized carbons (Fsp3) is 0.455. The molecule has 0 aliphatic heterocycles. The second-order valence-electron chi connectivity index (χ2n) is 7.10. The number of halogens is 2. The summed E-state index contributed by atoms with van der Waals surface area (Å²) in [6, 6.07) is 7.36. The van der Waals surface area contributed by atoms with E-state index in [1.807, 2.05) is 0 Å². The Bertz CT molecular complexity index is 779. The average molecular weight is 388 g/mol. The topological polar surface area (TPSA) is 55.2 Å². The van der Waals surface area contributed by atoms with Gasteiger partial charge in [-0.25, -0.2) is 4.98 Å². The van der Waals surface area contributed by atoms with Crippen molar-refractivity contribution in [3.8, 4) is 5.88 Å². The van der Waals surface area contributed by atoms with Crippen LogP contribution in [0.2, 0.25) is 0 Å². The van der Waals surface area contributed by atoms with Crippen LogP contribution in [0.4, 0.5) is 8.78 Å². The van der Waals surface area contributed by atoms with Crippen LogP contribution in [0.5, 0.6) is 5.88 Å². The summed E-state index contributed by atoms with van der Waals surface area (Å²) in [5.74, 6) is -0.122. The van der Waals surface area contributed by atoms with Crippen LogP contribution in [0, 0.1) is 0 Å². The van der Waals surface area contributed by atoms with E-state index in [-0.39, 0.29) is 5.88 Å². The van der Waals surface area contributed by atoms with Gasteiger partial charge in [0.25, 0.3) is 0 Å². The number of aliphatic hydroxyl groups is 1. The summed E-state index contributed by atoms with van der Waals surface area (Å²) < 4.78 is 28.4. The normalized spacial score (nSPS) is 15.0. The largest absolute Gasteiger partial charge is 0.417 e. The zero-order chi connectivity index (χ0) is 19.8. The number of fused-ring (bicyclic) bond motifs is 1. The monoisotopic (exact) mass is 388 g/mol. The zero-order valence-electron chi connectivity index (χ0n) is 15.9. The van der Waals surface area contributed by atoms with E-state index < -0.39 is 12.7 Å². The number of aryl methyl sites for hydroxylation is 3. The van der Waals surface area contributed by atoms with E-state index >= 15 is 0 Å². The highest BCUT2D eigenvalue weighted by atomic mass is 19.3. The standard InChI is InChI=1S/C22H26F2N2O2/c23-22(24)28-21-14-10-16(15-25-21)9-13-19(27)7-3-2-6-18-12-11-17-5-1-4-8-20(17)26-18/h9-15,19,22,27H,1-8H2/b13-9+. The Balaban J connectivity index is 1.38. The molecule has 3 rings (SSSR count). The molecule has 1 aliphatic carbocycles. The van der Waals surface area contributed by atoms with Crippen molar-refractivity contribution >= 4 is 6.08 Å². The average Bonchev–Trinajstić information content (AvgIpc) is 2.70. The van der Waals surface area contributed by atoms with Gasteiger partial charge in [0.1, 0.15) is 0 Å². The molecular formula is C22H26F2N2O2. The van der Waals surface area contributed by atoms with Crippen molar-refractivity contribution < 1.29 is 18.6 Å². The number of hydrogen-bond acceptors (Lipinski definition) is 4. The molecule has 0 spiro atoms. The van der Waals surface area contributed by atoms with Gasteiger partial charge in [-0.05, 0) is 68.2 Å². The number of aromatic nitrogens is 2. The van der Waals surface area contributed by atoms with Gasteiger partial charge in [-0.1, -0.05) is 24.6 Å². The maximum absolute atomic E-state index is 12.1. The van der Waals surface area contributed by atoms with Crippen LogP contribution in [0.3, 0.4) is 0 Å². The van der Waals surface area contributed by atoms with E-state index in [1.165, 1.54) is 36.4 Å². The Labute approximate surface area is 164 Å². The van der Waals surface area contributed by atoms with Crippen molar-refractivity contribution in [2.45, 2.75) is 64.1 Å². The highest BCUT2D eigenvalue weighted by molar-refractivity contribution is 5.48. The third-order valence-corrected chi connectivity index (χ3v) is 4.90. The van der Waals surface area contributed by atoms with Crippen molar-refractivity contribution in [2.75, 3.05) is 0 Å². The lowest BCUT2D eigenvalue weighted by Crippen LogP contribution is -2.07. The molecular weight excluding hydrogens is 362 g/mol. The first-order valence-electron chi connectivity index (χ1n) is 9.85. The van der Waals surface area contributed by atoms with Gasteiger partial charge in [-0.3, -0.25) is 4.98 Å². The van der Waals surface area contributed by atoms with Gasteiger partial charge >= 0.3 is 6.61 Å². The van der Waals surface area contributed by atoms with E-state index in [0.29, 0.717) is 6.42 Å². The fourth-order valence-corrected chi connectivity index (χ4v) is 3.40. The van der Waals surface area contributed by atoms with Crippen LogP contribution in [0.25, 0.3) is 6.08 Å². The van der Waals surface area contributed by atoms with E-state index in [4.69, 9.17) is 4.98 Å². The summed E-state index contributed by atoms with van der Waals surface area (Å²) in [5.41, 5.74) is 4.53. The Morgan fingerprint density at radius 3 is 2.75 bits per heavy atom. The van der Waals surface area contributed by atoms with Gasteiger partial charge < -0.3 is 9.84 Å². The lowest BCUT2D eigenvalue weighted by Gasteiger charge is -2.15. The molecule has 2 aromatic rings. The first-order valence-corrected chi connectivity index (χ1v) is 9.85. The van der Waals surface area contributed by atoms with E-state index in [9.17, 15) is 13.9 Å². The van der Waals surface area contributed by atoms with Gasteiger partial charge in [0.05, 0.1) is 6.10 Å². The number of unbranched alkanes of at least 4 members (excludes halogenated alkanes) is 1. The van der Waals surface area contributed by atoms with Gasteiger partial charge in [-0.15, -0.1) is 0 Å². The van der Waals surface area contributed by atoms with E-state index in [1.54, 1.807) is 18.2 Å². The molecule has 2 aromatic heterocycles. The third kappa shape index (κ3) is 6.37. The smallest absolute Gasteiger partial charge is 0.388 e. The molecule has 28 heavy (non-hydrogen) atoms. The molecule has 1 unspecified atom stereocenters. The Morgan fingerprint density at radius 1 is 1.11 bits per heavy atom. The predicted molar refractivity (Wildman–Crippen MR) is 104 cm³/mol. The summed E-state index contributed by atoms with van der Waals surface area (Å²) in [6.07, 6.45) is 12.5. The molecule has 0 amide bonds. The molecule has 1 aliphatic rings. The number of hydrogen-bond donors (Lipinski definition) is 1. The van der Waals surface area contributed by atoms with Crippen molar-refractivity contribution in [3.63, 3.8) is 0 Å². The molecule has 4 nitrogen and oxygen atoms in total. The highest BCUT2D eigenvalue weighted by Crippen LogP contribution is 2.20. The highest BCUT2D eigenvalue weighted by Gasteiger charge is 2.11. The number of pyridine rings is 2. The summed E-state index contributed by atoms with van der Waals surface area (Å²) >= 11 is 0. The first kappa shape index (κ1) is 20.4. The molecule has 0 bridgehead atoms. The number of ether oxygens (including phenoxy) is 1. The molecule has 150 valence electrons. The minimum Gasteiger partial charge on any atom is -0.417 e. The number of nitrogens with zero attached hydrogens (tertiary/aromatic N) is 2. The summed E-state index contributed by atoms with van der Waals surface area (Å²) in [6.45, 7) is -2.88. The maximum Gasteiger partial charge on any atom is 0.388 e. The van der Waals surface area contributed by atoms with Crippen LogP contribution in [0.1, 0.15) is 54.6 Å². The SMILES string of the molecule is OC(/C=C/c1ccc(OC(F)F)nc1)CCCCc1ccc2c(n1)CCCC2. The molecule has 0 radical (unpaired) electrons. The fourth-order valence-electron chi connectivity index (χ4n) is 3.40. The predicted octanol–water partition coefficient (Wildman–Crippen LogP) is 4.74. The molecule has 0 fully saturated rings. The van der Waals surface area contributed by atoms with E-state index in [2.05, 4.69) is 21.9 Å². The minimum absolute atomic E-state index is 0.122. The lowest BCUT2D eigenvalue weighted by molar-refractivity contribution is -0.0528. The minimum atomic E-state index is -2.88. The molecule has 6 heteroatoms. The van der Waals surface area contributed by atoms with Crippen molar-refractivity contribution in [3.05, 3.63) is 59.1 Å². The van der Waals surface area contributed by atoms with Crippen LogP contribution in [-0.4, -0.2) is 27.8 Å². The maximum atomic E-state index is 12.1. The quantitative estimate of drug-likeness (QED) is 0.630. The Hall–Kier alpha value is -2.34. The first-order chi connectivity index (χ1) is 13.6. The molecule has 0 saturated carbocycles. The summed E-state index contributed by atoms with van der Waals surface area (Å²) in [5, 5.41) is 10.1. The Kier molecular flexibility index (Phi) is 7.48. The number of alkyl halides is 2. The van der Waals surface area contributed by atoms with Gasteiger partial charge in [0.15, 0.2) is 0 Å². The van der Waals surface area contributed by atoms with Crippen LogP contribution in [-0.2, 0) is 19.3 Å².